The van der Waals surface area contributed by atoms with Crippen LogP contribution in [0.25, 0.3) is 10.9 Å². The lowest BCUT2D eigenvalue weighted by Crippen LogP contribution is -2.01. The highest BCUT2D eigenvalue weighted by molar-refractivity contribution is 6.31. The molecule has 1 heterocycles. The molecule has 21 heavy (non-hydrogen) atoms. The summed E-state index contributed by atoms with van der Waals surface area (Å²) in [5, 5.41) is 10.9. The maximum atomic E-state index is 9.04. The number of halogens is 1. The fourth-order valence-corrected chi connectivity index (χ4v) is 2.64. The average molecular weight is 297 g/mol. The van der Waals surface area contributed by atoms with Crippen molar-refractivity contribution in [3.63, 3.8) is 0 Å². The smallest absolute Gasteiger partial charge is 0.123 e. The van der Waals surface area contributed by atoms with E-state index >= 15 is 0 Å². The Morgan fingerprint density at radius 2 is 2.05 bits per heavy atom. The van der Waals surface area contributed by atoms with Crippen LogP contribution in [0, 0.1) is 11.3 Å². The van der Waals surface area contributed by atoms with Crippen LogP contribution in [0.3, 0.4) is 0 Å². The maximum Gasteiger partial charge on any atom is 0.123 e. The summed E-state index contributed by atoms with van der Waals surface area (Å²) in [5.74, 6) is 0.782. The summed E-state index contributed by atoms with van der Waals surface area (Å²) >= 11 is 6.01. The van der Waals surface area contributed by atoms with Gasteiger partial charge in [0.2, 0.25) is 0 Å². The number of fused-ring (bicyclic) bond motifs is 1. The quantitative estimate of drug-likeness (QED) is 0.725. The molecule has 0 aliphatic carbocycles. The van der Waals surface area contributed by atoms with Crippen molar-refractivity contribution in [2.24, 2.45) is 0 Å². The van der Waals surface area contributed by atoms with E-state index in [1.807, 2.05) is 42.6 Å². The van der Waals surface area contributed by atoms with Crippen molar-refractivity contribution in [2.75, 3.05) is 7.11 Å². The fraction of sp³-hybridized carbons (Fsp3) is 0.118. The first kappa shape index (κ1) is 13.5. The molecule has 0 aliphatic rings. The molecule has 3 rings (SSSR count). The van der Waals surface area contributed by atoms with E-state index in [9.17, 15) is 0 Å². The lowest BCUT2D eigenvalue weighted by Gasteiger charge is -2.11. The molecular formula is C17H13ClN2O. The van der Waals surface area contributed by atoms with Crippen molar-refractivity contribution in [2.45, 2.75) is 6.54 Å². The van der Waals surface area contributed by atoms with Gasteiger partial charge in [0.1, 0.15) is 5.75 Å². The van der Waals surface area contributed by atoms with E-state index < -0.39 is 0 Å². The number of hydrogen-bond donors (Lipinski definition) is 0. The molecule has 0 atom stereocenters. The van der Waals surface area contributed by atoms with Gasteiger partial charge >= 0.3 is 0 Å². The Morgan fingerprint density at radius 3 is 2.81 bits per heavy atom. The molecule has 4 heteroatoms. The first-order valence-corrected chi connectivity index (χ1v) is 6.90. The Hall–Kier alpha value is -2.44. The van der Waals surface area contributed by atoms with Gasteiger partial charge < -0.3 is 9.30 Å². The number of methoxy groups -OCH3 is 1. The standard InChI is InChI=1S/C17H13ClN2O/c1-21-17-5-2-12(10-19)8-14(17)11-20-7-6-13-9-15(18)3-4-16(13)20/h2-9H,11H2,1H3. The molecule has 0 saturated heterocycles. The summed E-state index contributed by atoms with van der Waals surface area (Å²) in [6, 6.07) is 15.5. The van der Waals surface area contributed by atoms with Crippen molar-refractivity contribution in [3.8, 4) is 11.8 Å². The van der Waals surface area contributed by atoms with Crippen LogP contribution < -0.4 is 4.74 Å². The molecule has 0 spiro atoms. The largest absolute Gasteiger partial charge is 0.496 e. The van der Waals surface area contributed by atoms with Gasteiger partial charge in [-0.1, -0.05) is 11.6 Å². The number of aromatic nitrogens is 1. The summed E-state index contributed by atoms with van der Waals surface area (Å²) in [5.41, 5.74) is 2.71. The second-order valence-corrected chi connectivity index (χ2v) is 5.22. The number of nitriles is 1. The van der Waals surface area contributed by atoms with Crippen LogP contribution in [0.15, 0.2) is 48.7 Å². The SMILES string of the molecule is COc1ccc(C#N)cc1Cn1ccc2cc(Cl)ccc21. The molecular weight excluding hydrogens is 284 g/mol. The number of ether oxygens (including phenoxy) is 1. The Balaban J connectivity index is 2.04. The summed E-state index contributed by atoms with van der Waals surface area (Å²) < 4.78 is 7.50. The van der Waals surface area contributed by atoms with E-state index in [0.717, 1.165) is 27.2 Å². The zero-order valence-electron chi connectivity index (χ0n) is 11.5. The van der Waals surface area contributed by atoms with Crippen LogP contribution in [0.4, 0.5) is 0 Å². The molecule has 0 fully saturated rings. The molecule has 0 N–H and O–H groups in total. The number of hydrogen-bond acceptors (Lipinski definition) is 2. The van der Waals surface area contributed by atoms with Gasteiger partial charge in [-0.15, -0.1) is 0 Å². The molecule has 0 amide bonds. The minimum atomic E-state index is 0.630. The number of nitrogens with zero attached hydrogens (tertiary/aromatic N) is 2. The first-order valence-electron chi connectivity index (χ1n) is 6.52. The summed E-state index contributed by atoms with van der Waals surface area (Å²) in [4.78, 5) is 0. The molecule has 1 aromatic heterocycles. The Bertz CT molecular complexity index is 846. The van der Waals surface area contributed by atoms with E-state index in [-0.39, 0.29) is 0 Å². The molecule has 104 valence electrons. The first-order chi connectivity index (χ1) is 10.2. The summed E-state index contributed by atoms with van der Waals surface area (Å²) in [7, 11) is 1.64. The molecule has 0 aliphatic heterocycles. The highest BCUT2D eigenvalue weighted by Crippen LogP contribution is 2.25. The van der Waals surface area contributed by atoms with Gasteiger partial charge in [-0.3, -0.25) is 0 Å². The summed E-state index contributed by atoms with van der Waals surface area (Å²) in [6.07, 6.45) is 2.01. The number of benzene rings is 2. The van der Waals surface area contributed by atoms with Gasteiger partial charge in [0.15, 0.2) is 0 Å². The predicted molar refractivity (Wildman–Crippen MR) is 83.8 cm³/mol. The monoisotopic (exact) mass is 296 g/mol. The van der Waals surface area contributed by atoms with Crippen LogP contribution in [0.1, 0.15) is 11.1 Å². The van der Waals surface area contributed by atoms with Crippen LogP contribution in [-0.2, 0) is 6.54 Å². The van der Waals surface area contributed by atoms with Crippen molar-refractivity contribution in [1.82, 2.24) is 4.57 Å². The highest BCUT2D eigenvalue weighted by atomic mass is 35.5. The molecule has 0 saturated carbocycles. The lowest BCUT2D eigenvalue weighted by atomic mass is 10.1. The average Bonchev–Trinajstić information content (AvgIpc) is 2.89. The molecule has 2 aromatic carbocycles. The third-order valence-electron chi connectivity index (χ3n) is 3.48. The molecule has 3 nitrogen and oxygen atoms in total. The van der Waals surface area contributed by atoms with E-state index in [1.165, 1.54) is 0 Å². The van der Waals surface area contributed by atoms with Gasteiger partial charge in [0.25, 0.3) is 0 Å². The van der Waals surface area contributed by atoms with E-state index in [0.29, 0.717) is 12.1 Å². The van der Waals surface area contributed by atoms with Crippen molar-refractivity contribution in [3.05, 3.63) is 64.8 Å². The molecule has 0 unspecified atom stereocenters. The Labute approximate surface area is 127 Å². The maximum absolute atomic E-state index is 9.04. The third-order valence-corrected chi connectivity index (χ3v) is 3.72. The minimum Gasteiger partial charge on any atom is -0.496 e. The molecule has 3 aromatic rings. The fourth-order valence-electron chi connectivity index (χ4n) is 2.46. The minimum absolute atomic E-state index is 0.630. The summed E-state index contributed by atoms with van der Waals surface area (Å²) in [6.45, 7) is 0.643. The zero-order chi connectivity index (χ0) is 14.8. The van der Waals surface area contributed by atoms with Crippen molar-refractivity contribution >= 4 is 22.5 Å². The predicted octanol–water partition coefficient (Wildman–Crippen LogP) is 4.22. The van der Waals surface area contributed by atoms with Crippen LogP contribution in [0.5, 0.6) is 5.75 Å². The normalized spacial score (nSPS) is 10.5. The molecule has 0 bridgehead atoms. The van der Waals surface area contributed by atoms with Crippen LogP contribution >= 0.6 is 11.6 Å². The van der Waals surface area contributed by atoms with Gasteiger partial charge in [-0.2, -0.15) is 5.26 Å². The molecule has 0 radical (unpaired) electrons. The zero-order valence-corrected chi connectivity index (χ0v) is 12.3. The van der Waals surface area contributed by atoms with E-state index in [1.54, 1.807) is 13.2 Å². The van der Waals surface area contributed by atoms with E-state index in [2.05, 4.69) is 10.6 Å². The van der Waals surface area contributed by atoms with Crippen LogP contribution in [0.2, 0.25) is 5.02 Å². The third kappa shape index (κ3) is 2.58. The van der Waals surface area contributed by atoms with Crippen molar-refractivity contribution in [1.29, 1.82) is 5.26 Å². The van der Waals surface area contributed by atoms with Crippen LogP contribution in [-0.4, -0.2) is 11.7 Å². The highest BCUT2D eigenvalue weighted by Gasteiger charge is 2.08. The van der Waals surface area contributed by atoms with Gasteiger partial charge in [0, 0.05) is 27.7 Å². The lowest BCUT2D eigenvalue weighted by molar-refractivity contribution is 0.408. The van der Waals surface area contributed by atoms with Crippen molar-refractivity contribution < 1.29 is 4.74 Å². The topological polar surface area (TPSA) is 37.9 Å². The van der Waals surface area contributed by atoms with Gasteiger partial charge in [-0.25, -0.2) is 0 Å². The Morgan fingerprint density at radius 1 is 1.19 bits per heavy atom. The second kappa shape index (κ2) is 5.51. The number of rotatable bonds is 3. The van der Waals surface area contributed by atoms with E-state index in [4.69, 9.17) is 21.6 Å². The van der Waals surface area contributed by atoms with Gasteiger partial charge in [-0.05, 0) is 42.5 Å². The van der Waals surface area contributed by atoms with Gasteiger partial charge in [0.05, 0.1) is 25.3 Å². The Kier molecular flexibility index (Phi) is 3.55. The second-order valence-electron chi connectivity index (χ2n) is 4.79.